The smallest absolute Gasteiger partial charge is 0.274 e. The van der Waals surface area contributed by atoms with Crippen LogP contribution in [0, 0.1) is 0 Å². The van der Waals surface area contributed by atoms with Gasteiger partial charge in [-0.25, -0.2) is 5.43 Å². The molecule has 0 atom stereocenters. The van der Waals surface area contributed by atoms with E-state index in [0.717, 1.165) is 0 Å². The molecule has 0 aliphatic heterocycles. The highest BCUT2D eigenvalue weighted by Crippen LogP contribution is 2.25. The van der Waals surface area contributed by atoms with Gasteiger partial charge < -0.3 is 9.84 Å². The summed E-state index contributed by atoms with van der Waals surface area (Å²) in [7, 11) is 1.46. The number of hydrazone groups is 1. The molecule has 23 heavy (non-hydrogen) atoms. The number of aromatic nitrogens is 3. The fourth-order valence-corrected chi connectivity index (χ4v) is 1.82. The third-order valence-corrected chi connectivity index (χ3v) is 3.00. The Bertz CT molecular complexity index is 777. The van der Waals surface area contributed by atoms with Crippen molar-refractivity contribution in [3.8, 4) is 11.5 Å². The van der Waals surface area contributed by atoms with Gasteiger partial charge in [-0.05, 0) is 23.8 Å². The quantitative estimate of drug-likeness (QED) is 0.583. The van der Waals surface area contributed by atoms with Gasteiger partial charge in [0.25, 0.3) is 5.56 Å². The zero-order chi connectivity index (χ0) is 17.0. The number of rotatable bonds is 4. The number of nitrogens with zero attached hydrogens (tertiary/aromatic N) is 3. The maximum atomic E-state index is 11.9. The predicted octanol–water partition coefficient (Wildman–Crippen LogP) is 1.62. The molecule has 0 radical (unpaired) electrons. The Morgan fingerprint density at radius 2 is 2.09 bits per heavy atom. The number of aromatic hydroxyl groups is 1. The largest absolute Gasteiger partial charge is 0.504 e. The molecule has 3 N–H and O–H groups in total. The van der Waals surface area contributed by atoms with E-state index in [4.69, 9.17) is 4.74 Å². The fraction of sp³-hybridized carbons (Fsp3) is 0.333. The van der Waals surface area contributed by atoms with E-state index in [0.29, 0.717) is 17.0 Å². The number of methoxy groups -OCH3 is 1. The Balaban J connectivity index is 2.12. The van der Waals surface area contributed by atoms with Crippen LogP contribution in [0.5, 0.6) is 11.5 Å². The summed E-state index contributed by atoms with van der Waals surface area (Å²) < 4.78 is 5.01. The van der Waals surface area contributed by atoms with Gasteiger partial charge in [-0.3, -0.25) is 9.78 Å². The summed E-state index contributed by atoms with van der Waals surface area (Å²) in [5.74, 6) is 0.534. The summed E-state index contributed by atoms with van der Waals surface area (Å²) in [6, 6.07) is 4.79. The van der Waals surface area contributed by atoms with Crippen molar-refractivity contribution in [3.63, 3.8) is 0 Å². The third-order valence-electron chi connectivity index (χ3n) is 3.00. The SMILES string of the molecule is COc1cc(/C=N/Nc2nnc(C(C)(C)C)c(=O)[nH]2)ccc1O. The monoisotopic (exact) mass is 317 g/mol. The summed E-state index contributed by atoms with van der Waals surface area (Å²) in [6.07, 6.45) is 1.50. The van der Waals surface area contributed by atoms with Gasteiger partial charge in [0, 0.05) is 5.41 Å². The summed E-state index contributed by atoms with van der Waals surface area (Å²) in [5, 5.41) is 21.3. The van der Waals surface area contributed by atoms with Crippen LogP contribution in [0.3, 0.4) is 0 Å². The molecule has 0 amide bonds. The van der Waals surface area contributed by atoms with Crippen LogP contribution in [-0.4, -0.2) is 33.6 Å². The van der Waals surface area contributed by atoms with Crippen LogP contribution in [0.2, 0.25) is 0 Å². The van der Waals surface area contributed by atoms with Crippen molar-refractivity contribution in [2.45, 2.75) is 26.2 Å². The molecule has 2 aromatic rings. The van der Waals surface area contributed by atoms with E-state index in [2.05, 4.69) is 25.7 Å². The molecule has 8 heteroatoms. The molecule has 0 saturated carbocycles. The van der Waals surface area contributed by atoms with E-state index in [1.807, 2.05) is 20.8 Å². The minimum atomic E-state index is -0.384. The summed E-state index contributed by atoms with van der Waals surface area (Å²) in [5.41, 5.74) is 2.97. The van der Waals surface area contributed by atoms with E-state index < -0.39 is 0 Å². The van der Waals surface area contributed by atoms with Crippen molar-refractivity contribution in [3.05, 3.63) is 39.8 Å². The van der Waals surface area contributed by atoms with Crippen molar-refractivity contribution in [1.82, 2.24) is 15.2 Å². The topological polar surface area (TPSA) is 112 Å². The second-order valence-electron chi connectivity index (χ2n) is 5.90. The van der Waals surface area contributed by atoms with Gasteiger partial charge in [-0.1, -0.05) is 20.8 Å². The van der Waals surface area contributed by atoms with Crippen LogP contribution in [0.25, 0.3) is 0 Å². The van der Waals surface area contributed by atoms with Crippen LogP contribution in [0.1, 0.15) is 32.0 Å². The van der Waals surface area contributed by atoms with Gasteiger partial charge in [0.2, 0.25) is 5.95 Å². The molecule has 8 nitrogen and oxygen atoms in total. The normalized spacial score (nSPS) is 11.7. The molecule has 1 aromatic heterocycles. The molecule has 0 aliphatic rings. The van der Waals surface area contributed by atoms with E-state index in [1.165, 1.54) is 19.4 Å². The highest BCUT2D eigenvalue weighted by atomic mass is 16.5. The van der Waals surface area contributed by atoms with Crippen LogP contribution < -0.4 is 15.7 Å². The Hall–Kier alpha value is -2.90. The number of nitrogens with one attached hydrogen (secondary N) is 2. The van der Waals surface area contributed by atoms with E-state index in [-0.39, 0.29) is 22.7 Å². The molecule has 122 valence electrons. The highest BCUT2D eigenvalue weighted by molar-refractivity contribution is 5.81. The van der Waals surface area contributed by atoms with Gasteiger partial charge in [0.05, 0.1) is 13.3 Å². The first kappa shape index (κ1) is 16.5. The average Bonchev–Trinajstić information content (AvgIpc) is 2.47. The van der Waals surface area contributed by atoms with Gasteiger partial charge in [-0.15, -0.1) is 10.2 Å². The number of aromatic amines is 1. The Morgan fingerprint density at radius 3 is 2.70 bits per heavy atom. The molecule has 0 saturated heterocycles. The third kappa shape index (κ3) is 4.06. The lowest BCUT2D eigenvalue weighted by molar-refractivity contribution is 0.373. The lowest BCUT2D eigenvalue weighted by atomic mass is 9.93. The molecule has 1 heterocycles. The van der Waals surface area contributed by atoms with Crippen molar-refractivity contribution in [2.24, 2.45) is 5.10 Å². The van der Waals surface area contributed by atoms with Gasteiger partial charge in [0.1, 0.15) is 5.69 Å². The minimum Gasteiger partial charge on any atom is -0.504 e. The minimum absolute atomic E-state index is 0.0468. The first-order valence-corrected chi connectivity index (χ1v) is 6.95. The molecular formula is C15H19N5O3. The van der Waals surface area contributed by atoms with Gasteiger partial charge >= 0.3 is 0 Å². The number of H-pyrrole nitrogens is 1. The molecule has 0 unspecified atom stereocenters. The Kier molecular flexibility index (Phi) is 4.63. The van der Waals surface area contributed by atoms with Crippen molar-refractivity contribution in [1.29, 1.82) is 0 Å². The highest BCUT2D eigenvalue weighted by Gasteiger charge is 2.20. The van der Waals surface area contributed by atoms with Crippen LogP contribution >= 0.6 is 0 Å². The maximum absolute atomic E-state index is 11.9. The summed E-state index contributed by atoms with van der Waals surface area (Å²) in [6.45, 7) is 5.65. The van der Waals surface area contributed by atoms with E-state index in [1.54, 1.807) is 12.1 Å². The molecule has 2 rings (SSSR count). The zero-order valence-corrected chi connectivity index (χ0v) is 13.4. The summed E-state index contributed by atoms with van der Waals surface area (Å²) >= 11 is 0. The second-order valence-corrected chi connectivity index (χ2v) is 5.90. The van der Waals surface area contributed by atoms with Crippen molar-refractivity contribution in [2.75, 3.05) is 12.5 Å². The van der Waals surface area contributed by atoms with Crippen molar-refractivity contribution >= 4 is 12.2 Å². The summed E-state index contributed by atoms with van der Waals surface area (Å²) in [4.78, 5) is 14.5. The van der Waals surface area contributed by atoms with Crippen molar-refractivity contribution < 1.29 is 9.84 Å². The van der Waals surface area contributed by atoms with Crippen LogP contribution in [0.15, 0.2) is 28.1 Å². The number of anilines is 1. The first-order chi connectivity index (χ1) is 10.8. The Labute approximate surface area is 133 Å². The van der Waals surface area contributed by atoms with Gasteiger partial charge in [0.15, 0.2) is 11.5 Å². The molecule has 0 spiro atoms. The maximum Gasteiger partial charge on any atom is 0.274 e. The average molecular weight is 317 g/mol. The molecule has 0 bridgehead atoms. The fourth-order valence-electron chi connectivity index (χ4n) is 1.82. The van der Waals surface area contributed by atoms with E-state index in [9.17, 15) is 9.90 Å². The standard InChI is InChI=1S/C15H19N5O3/c1-15(2,3)12-13(22)17-14(20-18-12)19-16-8-9-5-6-10(21)11(7-9)23-4/h5-8,21H,1-4H3,(H2,17,19,20,22)/b16-8+. The number of phenolic OH excluding ortho intramolecular Hbond substituents is 1. The number of benzene rings is 1. The van der Waals surface area contributed by atoms with E-state index >= 15 is 0 Å². The predicted molar refractivity (Wildman–Crippen MR) is 87.2 cm³/mol. The number of phenols is 1. The first-order valence-electron chi connectivity index (χ1n) is 6.95. The lowest BCUT2D eigenvalue weighted by Crippen LogP contribution is -2.28. The number of hydrogen-bond donors (Lipinski definition) is 3. The van der Waals surface area contributed by atoms with Crippen LogP contribution in [-0.2, 0) is 5.41 Å². The molecule has 1 aromatic carbocycles. The molecule has 0 aliphatic carbocycles. The number of hydrogen-bond acceptors (Lipinski definition) is 7. The Morgan fingerprint density at radius 1 is 1.35 bits per heavy atom. The van der Waals surface area contributed by atoms with Gasteiger partial charge in [-0.2, -0.15) is 5.10 Å². The lowest BCUT2D eigenvalue weighted by Gasteiger charge is -2.15. The second kappa shape index (κ2) is 6.47. The molecule has 0 fully saturated rings. The van der Waals surface area contributed by atoms with Crippen LogP contribution in [0.4, 0.5) is 5.95 Å². The zero-order valence-electron chi connectivity index (χ0n) is 13.4. The number of ether oxygens (including phenoxy) is 1. The molecular weight excluding hydrogens is 298 g/mol.